The molecular formula is C10H19NO4. The number of nitro groups is 1. The smallest absolute Gasteiger partial charge is 0.204 e. The summed E-state index contributed by atoms with van der Waals surface area (Å²) in [6, 6.07) is 0. The van der Waals surface area contributed by atoms with E-state index in [1.165, 1.54) is 0 Å². The van der Waals surface area contributed by atoms with Crippen LogP contribution in [-0.2, 0) is 9.47 Å². The monoisotopic (exact) mass is 217 g/mol. The molecule has 0 aromatic carbocycles. The highest BCUT2D eigenvalue weighted by molar-refractivity contribution is 4.58. The topological polar surface area (TPSA) is 61.6 Å². The summed E-state index contributed by atoms with van der Waals surface area (Å²) >= 11 is 0. The lowest BCUT2D eigenvalue weighted by Crippen LogP contribution is -2.26. The Morgan fingerprint density at radius 3 is 3.00 bits per heavy atom. The largest absolute Gasteiger partial charge is 0.353 e. The maximum Gasteiger partial charge on any atom is 0.204 e. The van der Waals surface area contributed by atoms with Crippen molar-refractivity contribution in [3.63, 3.8) is 0 Å². The Labute approximate surface area is 89.9 Å². The second-order valence-electron chi connectivity index (χ2n) is 3.94. The first kappa shape index (κ1) is 12.4. The van der Waals surface area contributed by atoms with Crippen LogP contribution >= 0.6 is 0 Å². The van der Waals surface area contributed by atoms with Crippen molar-refractivity contribution in [1.29, 1.82) is 0 Å². The van der Waals surface area contributed by atoms with E-state index in [0.29, 0.717) is 6.42 Å². The summed E-state index contributed by atoms with van der Waals surface area (Å²) in [4.78, 5) is 9.82. The van der Waals surface area contributed by atoms with Crippen LogP contribution in [0.1, 0.15) is 39.0 Å². The quantitative estimate of drug-likeness (QED) is 0.504. The molecule has 1 aliphatic rings. The molecule has 0 saturated carbocycles. The average Bonchev–Trinajstić information content (AvgIpc) is 2.18. The third-order valence-corrected chi connectivity index (χ3v) is 2.47. The van der Waals surface area contributed by atoms with E-state index < -0.39 is 0 Å². The molecule has 0 aliphatic carbocycles. The maximum absolute atomic E-state index is 10.1. The summed E-state index contributed by atoms with van der Waals surface area (Å²) in [6.45, 7) is 2.74. The summed E-state index contributed by atoms with van der Waals surface area (Å²) in [5, 5.41) is 10.1. The molecule has 2 atom stereocenters. The fourth-order valence-corrected chi connectivity index (χ4v) is 1.65. The zero-order chi connectivity index (χ0) is 11.1. The molecule has 0 aromatic heterocycles. The Bertz CT molecular complexity index is 192. The van der Waals surface area contributed by atoms with Crippen LogP contribution in [0, 0.1) is 10.1 Å². The van der Waals surface area contributed by atoms with Crippen LogP contribution in [0.3, 0.4) is 0 Å². The van der Waals surface area contributed by atoms with Gasteiger partial charge in [-0.15, -0.1) is 0 Å². The third kappa shape index (κ3) is 5.69. The molecule has 0 spiro atoms. The van der Waals surface area contributed by atoms with Gasteiger partial charge in [0, 0.05) is 18.0 Å². The summed E-state index contributed by atoms with van der Waals surface area (Å²) in [7, 11) is 0. The Kier molecular flexibility index (Phi) is 5.57. The van der Waals surface area contributed by atoms with Crippen molar-refractivity contribution in [2.75, 3.05) is 13.2 Å². The number of nitrogens with zero attached hydrogens (tertiary/aromatic N) is 1. The van der Waals surface area contributed by atoms with Crippen LogP contribution in [0.4, 0.5) is 0 Å². The van der Waals surface area contributed by atoms with Crippen LogP contribution in [0.25, 0.3) is 0 Å². The molecule has 0 amide bonds. The highest BCUT2D eigenvalue weighted by Gasteiger charge is 2.17. The van der Waals surface area contributed by atoms with Gasteiger partial charge < -0.3 is 9.47 Å². The van der Waals surface area contributed by atoms with Gasteiger partial charge in [0.25, 0.3) is 0 Å². The van der Waals surface area contributed by atoms with Crippen LogP contribution in [0.15, 0.2) is 0 Å². The van der Waals surface area contributed by atoms with E-state index in [1.54, 1.807) is 0 Å². The van der Waals surface area contributed by atoms with Crippen LogP contribution < -0.4 is 0 Å². The fourth-order valence-electron chi connectivity index (χ4n) is 1.65. The first-order valence-corrected chi connectivity index (χ1v) is 5.57. The van der Waals surface area contributed by atoms with Crippen molar-refractivity contribution in [2.45, 2.75) is 51.4 Å². The Hall–Kier alpha value is -0.680. The standard InChI is InChI=1S/C10H19NO4/c1-9(5-4-7-11(12)13)15-10-6-2-3-8-14-10/h9-10H,2-8H2,1H3. The molecule has 0 bridgehead atoms. The minimum atomic E-state index is -0.288. The molecule has 1 saturated heterocycles. The fraction of sp³-hybridized carbons (Fsp3) is 1.00. The highest BCUT2D eigenvalue weighted by atomic mass is 16.7. The van der Waals surface area contributed by atoms with Gasteiger partial charge >= 0.3 is 0 Å². The minimum absolute atomic E-state index is 0.0270. The molecule has 1 rings (SSSR count). The van der Waals surface area contributed by atoms with E-state index in [-0.39, 0.29) is 23.9 Å². The normalized spacial score (nSPS) is 23.7. The SMILES string of the molecule is CC(CCC[N+](=O)[O-])OC1CCCCO1. The number of hydrogen-bond donors (Lipinski definition) is 0. The van der Waals surface area contributed by atoms with Crippen molar-refractivity contribution < 1.29 is 14.4 Å². The molecule has 1 heterocycles. The lowest BCUT2D eigenvalue weighted by Gasteiger charge is -2.25. The lowest BCUT2D eigenvalue weighted by molar-refractivity contribution is -0.480. The van der Waals surface area contributed by atoms with Crippen molar-refractivity contribution in [2.24, 2.45) is 0 Å². The molecule has 1 fully saturated rings. The summed E-state index contributed by atoms with van der Waals surface area (Å²) in [6.07, 6.45) is 4.45. The van der Waals surface area contributed by atoms with Crippen LogP contribution in [0.2, 0.25) is 0 Å². The van der Waals surface area contributed by atoms with Crippen molar-refractivity contribution in [3.05, 3.63) is 10.1 Å². The number of ether oxygens (including phenoxy) is 2. The van der Waals surface area contributed by atoms with Gasteiger partial charge in [0.15, 0.2) is 6.29 Å². The molecule has 1 aliphatic heterocycles. The molecule has 0 radical (unpaired) electrons. The molecular weight excluding hydrogens is 198 g/mol. The van der Waals surface area contributed by atoms with Gasteiger partial charge in [0.1, 0.15) is 0 Å². The van der Waals surface area contributed by atoms with E-state index in [4.69, 9.17) is 9.47 Å². The van der Waals surface area contributed by atoms with E-state index >= 15 is 0 Å². The Morgan fingerprint density at radius 2 is 2.40 bits per heavy atom. The summed E-state index contributed by atoms with van der Waals surface area (Å²) in [5.41, 5.74) is 0. The molecule has 5 heteroatoms. The van der Waals surface area contributed by atoms with Crippen molar-refractivity contribution in [1.82, 2.24) is 0 Å². The molecule has 0 N–H and O–H groups in total. The first-order chi connectivity index (χ1) is 7.18. The lowest BCUT2D eigenvalue weighted by atomic mass is 10.2. The Balaban J connectivity index is 2.06. The average molecular weight is 217 g/mol. The van der Waals surface area contributed by atoms with Gasteiger partial charge in [-0.25, -0.2) is 0 Å². The first-order valence-electron chi connectivity index (χ1n) is 5.57. The van der Waals surface area contributed by atoms with Crippen molar-refractivity contribution >= 4 is 0 Å². The molecule has 5 nitrogen and oxygen atoms in total. The summed E-state index contributed by atoms with van der Waals surface area (Å²) < 4.78 is 11.0. The predicted molar refractivity (Wildman–Crippen MR) is 55.2 cm³/mol. The summed E-state index contributed by atoms with van der Waals surface area (Å²) in [5.74, 6) is 0. The second-order valence-corrected chi connectivity index (χ2v) is 3.94. The molecule has 15 heavy (non-hydrogen) atoms. The van der Waals surface area contributed by atoms with Gasteiger partial charge in [-0.05, 0) is 32.6 Å². The van der Waals surface area contributed by atoms with Crippen LogP contribution in [-0.4, -0.2) is 30.5 Å². The third-order valence-electron chi connectivity index (χ3n) is 2.47. The van der Waals surface area contributed by atoms with Gasteiger partial charge in [0.2, 0.25) is 6.54 Å². The molecule has 2 unspecified atom stereocenters. The van der Waals surface area contributed by atoms with Crippen LogP contribution in [0.5, 0.6) is 0 Å². The zero-order valence-electron chi connectivity index (χ0n) is 9.18. The Morgan fingerprint density at radius 1 is 1.60 bits per heavy atom. The highest BCUT2D eigenvalue weighted by Crippen LogP contribution is 2.16. The predicted octanol–water partition coefficient (Wildman–Crippen LogP) is 1.97. The second kappa shape index (κ2) is 6.74. The van der Waals surface area contributed by atoms with Gasteiger partial charge in [0.05, 0.1) is 6.10 Å². The van der Waals surface area contributed by atoms with Gasteiger partial charge in [-0.3, -0.25) is 10.1 Å². The van der Waals surface area contributed by atoms with E-state index in [9.17, 15) is 10.1 Å². The number of rotatable bonds is 6. The molecule has 88 valence electrons. The van der Waals surface area contributed by atoms with Gasteiger partial charge in [-0.2, -0.15) is 0 Å². The molecule has 0 aromatic rings. The zero-order valence-corrected chi connectivity index (χ0v) is 9.18. The number of hydrogen-bond acceptors (Lipinski definition) is 4. The maximum atomic E-state index is 10.1. The van der Waals surface area contributed by atoms with Crippen molar-refractivity contribution in [3.8, 4) is 0 Å². The minimum Gasteiger partial charge on any atom is -0.353 e. The van der Waals surface area contributed by atoms with E-state index in [0.717, 1.165) is 32.3 Å². The van der Waals surface area contributed by atoms with Gasteiger partial charge in [-0.1, -0.05) is 0 Å². The van der Waals surface area contributed by atoms with E-state index in [2.05, 4.69) is 0 Å². The van der Waals surface area contributed by atoms with E-state index in [1.807, 2.05) is 6.92 Å².